The zero-order chi connectivity index (χ0) is 22.5. The van der Waals surface area contributed by atoms with Crippen molar-refractivity contribution in [2.24, 2.45) is 0 Å². The molecule has 1 saturated carbocycles. The molecule has 3 atom stereocenters. The first-order valence-corrected chi connectivity index (χ1v) is 11.7. The second-order valence-electron chi connectivity index (χ2n) is 8.82. The van der Waals surface area contributed by atoms with E-state index >= 15 is 0 Å². The van der Waals surface area contributed by atoms with Crippen LogP contribution in [0.25, 0.3) is 10.8 Å². The second kappa shape index (κ2) is 10.3. The van der Waals surface area contributed by atoms with Gasteiger partial charge in [0.1, 0.15) is 5.82 Å². The molecule has 0 unspecified atom stereocenters. The molecule has 1 aliphatic carbocycles. The second-order valence-corrected chi connectivity index (χ2v) is 8.82. The monoisotopic (exact) mass is 433 g/mol. The first kappa shape index (κ1) is 22.5. The average molecular weight is 434 g/mol. The first-order chi connectivity index (χ1) is 15.5. The van der Waals surface area contributed by atoms with E-state index in [9.17, 15) is 9.18 Å². The third-order valence-corrected chi connectivity index (χ3v) is 6.66. The number of aryl methyl sites for hydroxylation is 1. The Bertz CT molecular complexity index is 1060. The Balaban J connectivity index is 1.35. The zero-order valence-corrected chi connectivity index (χ0v) is 18.9. The predicted molar refractivity (Wildman–Crippen MR) is 127 cm³/mol. The molecule has 0 saturated heterocycles. The Labute approximate surface area is 190 Å². The van der Waals surface area contributed by atoms with Crippen molar-refractivity contribution in [2.45, 2.75) is 64.0 Å². The summed E-state index contributed by atoms with van der Waals surface area (Å²) < 4.78 is 19.2. The molecular formula is C28H32FNO2. The van der Waals surface area contributed by atoms with Gasteiger partial charge in [0.05, 0.1) is 6.61 Å². The van der Waals surface area contributed by atoms with Crippen LogP contribution in [-0.2, 0) is 16.0 Å². The lowest BCUT2D eigenvalue weighted by atomic mass is 9.95. The number of esters is 1. The minimum absolute atomic E-state index is 0.135. The van der Waals surface area contributed by atoms with Gasteiger partial charge in [-0.3, -0.25) is 4.79 Å². The number of rotatable bonds is 8. The number of nitrogens with one attached hydrogen (secondary N) is 1. The van der Waals surface area contributed by atoms with E-state index in [0.29, 0.717) is 30.4 Å². The number of hydrogen-bond donors (Lipinski definition) is 1. The molecule has 3 aromatic carbocycles. The fourth-order valence-corrected chi connectivity index (χ4v) is 4.98. The molecule has 1 aliphatic rings. The van der Waals surface area contributed by atoms with Gasteiger partial charge in [0.2, 0.25) is 0 Å². The van der Waals surface area contributed by atoms with Crippen LogP contribution >= 0.6 is 0 Å². The number of ether oxygens (including phenoxy) is 1. The van der Waals surface area contributed by atoms with Crippen LogP contribution in [0.5, 0.6) is 0 Å². The summed E-state index contributed by atoms with van der Waals surface area (Å²) in [6, 6.07) is 20.5. The minimum atomic E-state index is -0.164. The fourth-order valence-electron chi connectivity index (χ4n) is 4.98. The molecule has 0 aliphatic heterocycles. The van der Waals surface area contributed by atoms with Gasteiger partial charge in [0.15, 0.2) is 0 Å². The molecule has 0 heterocycles. The predicted octanol–water partition coefficient (Wildman–Crippen LogP) is 6.46. The number of halogens is 1. The SMILES string of the molecule is CCOC(=O)CCc1ccc([C@H]2CC[C@H](N[C@H](C)c3ccc(F)c4ccccc34)C2)cc1. The molecule has 3 nitrogen and oxygen atoms in total. The van der Waals surface area contributed by atoms with Gasteiger partial charge < -0.3 is 10.1 Å². The molecule has 0 amide bonds. The normalized spacial score (nSPS) is 19.2. The van der Waals surface area contributed by atoms with Crippen LogP contribution in [0.4, 0.5) is 4.39 Å². The maximum Gasteiger partial charge on any atom is 0.306 e. The summed E-state index contributed by atoms with van der Waals surface area (Å²) in [5.41, 5.74) is 3.69. The standard InChI is InChI=1S/C28H32FNO2/c1-3-32-28(31)17-10-20-8-11-21(12-9-20)22-13-14-23(18-22)30-19(2)24-15-16-27(29)26-7-5-4-6-25(24)26/h4-9,11-12,15-16,19,22-23,30H,3,10,13-14,17-18H2,1-2H3/t19-,22+,23+/m1/s1. The van der Waals surface area contributed by atoms with Crippen LogP contribution in [-0.4, -0.2) is 18.6 Å². The Hall–Kier alpha value is -2.72. The van der Waals surface area contributed by atoms with E-state index in [2.05, 4.69) is 36.5 Å². The van der Waals surface area contributed by atoms with Crippen molar-refractivity contribution in [3.8, 4) is 0 Å². The lowest BCUT2D eigenvalue weighted by molar-refractivity contribution is -0.143. The quantitative estimate of drug-likeness (QED) is 0.414. The smallest absolute Gasteiger partial charge is 0.306 e. The van der Waals surface area contributed by atoms with Gasteiger partial charge in [0, 0.05) is 23.9 Å². The van der Waals surface area contributed by atoms with E-state index in [4.69, 9.17) is 4.74 Å². The highest BCUT2D eigenvalue weighted by Crippen LogP contribution is 2.36. The lowest BCUT2D eigenvalue weighted by Crippen LogP contribution is -2.29. The van der Waals surface area contributed by atoms with E-state index in [1.165, 1.54) is 11.1 Å². The van der Waals surface area contributed by atoms with Gasteiger partial charge >= 0.3 is 5.97 Å². The van der Waals surface area contributed by atoms with Crippen LogP contribution in [0, 0.1) is 5.82 Å². The van der Waals surface area contributed by atoms with Crippen molar-refractivity contribution in [2.75, 3.05) is 6.61 Å². The maximum atomic E-state index is 14.2. The molecular weight excluding hydrogens is 401 g/mol. The Morgan fingerprint density at radius 3 is 2.56 bits per heavy atom. The van der Waals surface area contributed by atoms with Crippen LogP contribution in [0.2, 0.25) is 0 Å². The average Bonchev–Trinajstić information content (AvgIpc) is 3.27. The molecule has 0 spiro atoms. The van der Waals surface area contributed by atoms with E-state index in [1.54, 1.807) is 6.07 Å². The Morgan fingerprint density at radius 1 is 1.06 bits per heavy atom. The highest BCUT2D eigenvalue weighted by Gasteiger charge is 2.27. The molecule has 0 bridgehead atoms. The summed E-state index contributed by atoms with van der Waals surface area (Å²) in [4.78, 5) is 11.6. The van der Waals surface area contributed by atoms with E-state index in [1.807, 2.05) is 37.3 Å². The van der Waals surface area contributed by atoms with E-state index in [-0.39, 0.29) is 17.8 Å². The summed E-state index contributed by atoms with van der Waals surface area (Å²) in [6.07, 6.45) is 4.55. The zero-order valence-electron chi connectivity index (χ0n) is 18.9. The molecule has 32 heavy (non-hydrogen) atoms. The van der Waals surface area contributed by atoms with Crippen molar-refractivity contribution in [3.63, 3.8) is 0 Å². The first-order valence-electron chi connectivity index (χ1n) is 11.7. The minimum Gasteiger partial charge on any atom is -0.466 e. The van der Waals surface area contributed by atoms with E-state index in [0.717, 1.165) is 36.6 Å². The van der Waals surface area contributed by atoms with E-state index < -0.39 is 0 Å². The number of fused-ring (bicyclic) bond motifs is 1. The van der Waals surface area contributed by atoms with Crippen molar-refractivity contribution >= 4 is 16.7 Å². The summed E-state index contributed by atoms with van der Waals surface area (Å²) in [7, 11) is 0. The molecule has 0 radical (unpaired) electrons. The highest BCUT2D eigenvalue weighted by atomic mass is 19.1. The molecule has 4 heteroatoms. The Kier molecular flexibility index (Phi) is 7.21. The summed E-state index contributed by atoms with van der Waals surface area (Å²) >= 11 is 0. The highest BCUT2D eigenvalue weighted by molar-refractivity contribution is 5.86. The van der Waals surface area contributed by atoms with Crippen molar-refractivity contribution in [3.05, 3.63) is 83.2 Å². The van der Waals surface area contributed by atoms with Crippen LogP contribution in [0.1, 0.15) is 68.2 Å². The lowest BCUT2D eigenvalue weighted by Gasteiger charge is -2.22. The van der Waals surface area contributed by atoms with Gasteiger partial charge in [-0.2, -0.15) is 0 Å². The van der Waals surface area contributed by atoms with Crippen LogP contribution in [0.3, 0.4) is 0 Å². The third-order valence-electron chi connectivity index (χ3n) is 6.66. The fraction of sp³-hybridized carbons (Fsp3) is 0.393. The molecule has 1 N–H and O–H groups in total. The molecule has 3 aromatic rings. The largest absolute Gasteiger partial charge is 0.466 e. The van der Waals surface area contributed by atoms with Gasteiger partial charge in [-0.25, -0.2) is 4.39 Å². The number of benzene rings is 3. The molecule has 168 valence electrons. The molecule has 1 fully saturated rings. The third kappa shape index (κ3) is 5.18. The van der Waals surface area contributed by atoms with Gasteiger partial charge in [-0.05, 0) is 73.6 Å². The summed E-state index contributed by atoms with van der Waals surface area (Å²) in [6.45, 7) is 4.44. The Morgan fingerprint density at radius 2 is 1.81 bits per heavy atom. The van der Waals surface area contributed by atoms with Crippen LogP contribution < -0.4 is 5.32 Å². The summed E-state index contributed by atoms with van der Waals surface area (Å²) in [5, 5.41) is 5.46. The van der Waals surface area contributed by atoms with Gasteiger partial charge in [-0.15, -0.1) is 0 Å². The number of carbonyl (C=O) groups is 1. The summed E-state index contributed by atoms with van der Waals surface area (Å²) in [5.74, 6) is 0.247. The molecule has 0 aromatic heterocycles. The van der Waals surface area contributed by atoms with Crippen molar-refractivity contribution in [1.29, 1.82) is 0 Å². The topological polar surface area (TPSA) is 38.3 Å². The van der Waals surface area contributed by atoms with Crippen molar-refractivity contribution in [1.82, 2.24) is 5.32 Å². The van der Waals surface area contributed by atoms with Gasteiger partial charge in [-0.1, -0.05) is 54.6 Å². The van der Waals surface area contributed by atoms with Gasteiger partial charge in [0.25, 0.3) is 0 Å². The maximum absolute atomic E-state index is 14.2. The van der Waals surface area contributed by atoms with Crippen molar-refractivity contribution < 1.29 is 13.9 Å². The number of carbonyl (C=O) groups excluding carboxylic acids is 1. The van der Waals surface area contributed by atoms with Crippen LogP contribution in [0.15, 0.2) is 60.7 Å². The molecule has 4 rings (SSSR count). The number of hydrogen-bond acceptors (Lipinski definition) is 3.